The molecule has 0 unspecified atom stereocenters. The summed E-state index contributed by atoms with van der Waals surface area (Å²) in [4.78, 5) is -0.226. The highest BCUT2D eigenvalue weighted by atomic mass is 79.9. The summed E-state index contributed by atoms with van der Waals surface area (Å²) in [5, 5.41) is 0. The van der Waals surface area contributed by atoms with E-state index in [4.69, 9.17) is 5.73 Å². The van der Waals surface area contributed by atoms with Crippen molar-refractivity contribution in [3.05, 3.63) is 22.2 Å². The van der Waals surface area contributed by atoms with Crippen molar-refractivity contribution in [2.75, 3.05) is 18.8 Å². The lowest BCUT2D eigenvalue weighted by atomic mass is 10.2. The molecule has 0 spiro atoms. The van der Waals surface area contributed by atoms with E-state index in [0.29, 0.717) is 8.78 Å². The Kier molecular flexibility index (Phi) is 5.09. The monoisotopic (exact) mass is 374 g/mol. The number of anilines is 1. The third-order valence-corrected chi connectivity index (χ3v) is 5.20. The molecule has 0 saturated carbocycles. The Morgan fingerprint density at radius 2 is 1.90 bits per heavy atom. The maximum absolute atomic E-state index is 12.5. The van der Waals surface area contributed by atoms with Crippen molar-refractivity contribution < 1.29 is 21.6 Å². The van der Waals surface area contributed by atoms with Gasteiger partial charge in [0.25, 0.3) is 0 Å². The highest BCUT2D eigenvalue weighted by Crippen LogP contribution is 2.30. The third kappa shape index (κ3) is 3.86. The maximum atomic E-state index is 12.5. The SMILES string of the molecule is CCN(CC(F)(F)F)S(=O)(=O)c1cc(Br)cc(N)c1C. The number of sulfonamides is 1. The summed E-state index contributed by atoms with van der Waals surface area (Å²) in [6.45, 7) is 0.988. The fourth-order valence-corrected chi connectivity index (χ4v) is 3.99. The molecule has 20 heavy (non-hydrogen) atoms. The van der Waals surface area contributed by atoms with Crippen molar-refractivity contribution in [3.8, 4) is 0 Å². The summed E-state index contributed by atoms with van der Waals surface area (Å²) in [6, 6.07) is 2.74. The average Bonchev–Trinajstić information content (AvgIpc) is 2.29. The number of benzene rings is 1. The second kappa shape index (κ2) is 5.90. The number of hydrogen-bond acceptors (Lipinski definition) is 3. The van der Waals surface area contributed by atoms with Crippen molar-refractivity contribution in [1.82, 2.24) is 4.31 Å². The molecule has 0 radical (unpaired) electrons. The quantitative estimate of drug-likeness (QED) is 0.824. The second-order valence-corrected chi connectivity index (χ2v) is 6.99. The van der Waals surface area contributed by atoms with Crippen molar-refractivity contribution in [2.45, 2.75) is 24.9 Å². The molecule has 1 aromatic carbocycles. The maximum Gasteiger partial charge on any atom is 0.402 e. The van der Waals surface area contributed by atoms with Gasteiger partial charge in [-0.2, -0.15) is 17.5 Å². The third-order valence-electron chi connectivity index (χ3n) is 2.69. The van der Waals surface area contributed by atoms with Crippen LogP contribution in [0, 0.1) is 6.92 Å². The van der Waals surface area contributed by atoms with Crippen LogP contribution in [0.25, 0.3) is 0 Å². The first-order chi connectivity index (χ1) is 8.99. The lowest BCUT2D eigenvalue weighted by Crippen LogP contribution is -2.39. The molecular formula is C11H14BrF3N2O2S. The summed E-state index contributed by atoms with van der Waals surface area (Å²) in [7, 11) is -4.26. The number of nitrogens with zero attached hydrogens (tertiary/aromatic N) is 1. The molecule has 0 aromatic heterocycles. The minimum absolute atomic E-state index is 0.195. The Labute approximate surface area is 123 Å². The van der Waals surface area contributed by atoms with Crippen LogP contribution in [-0.2, 0) is 10.0 Å². The van der Waals surface area contributed by atoms with Gasteiger partial charge in [0, 0.05) is 16.7 Å². The number of nitrogen functional groups attached to an aromatic ring is 1. The van der Waals surface area contributed by atoms with Crippen LogP contribution in [0.5, 0.6) is 0 Å². The Morgan fingerprint density at radius 3 is 2.35 bits per heavy atom. The van der Waals surface area contributed by atoms with Crippen molar-refractivity contribution in [3.63, 3.8) is 0 Å². The average molecular weight is 375 g/mol. The predicted octanol–water partition coefficient (Wildman–Crippen LogP) is 2.91. The summed E-state index contributed by atoms with van der Waals surface area (Å²) in [5.74, 6) is 0. The number of halogens is 4. The molecule has 4 nitrogen and oxygen atoms in total. The van der Waals surface area contributed by atoms with Crippen molar-refractivity contribution in [1.29, 1.82) is 0 Å². The van der Waals surface area contributed by atoms with E-state index in [9.17, 15) is 21.6 Å². The van der Waals surface area contributed by atoms with Gasteiger partial charge in [-0.15, -0.1) is 0 Å². The molecule has 1 aromatic rings. The van der Waals surface area contributed by atoms with Gasteiger partial charge < -0.3 is 5.73 Å². The normalized spacial score (nSPS) is 12.9. The van der Waals surface area contributed by atoms with Gasteiger partial charge in [-0.05, 0) is 24.6 Å². The number of nitrogens with two attached hydrogens (primary N) is 1. The molecule has 1 rings (SSSR count). The first-order valence-electron chi connectivity index (χ1n) is 5.61. The van der Waals surface area contributed by atoms with Crippen molar-refractivity contribution in [2.24, 2.45) is 0 Å². The van der Waals surface area contributed by atoms with Gasteiger partial charge in [0.05, 0.1) is 4.90 Å². The zero-order valence-electron chi connectivity index (χ0n) is 10.8. The summed E-state index contributed by atoms with van der Waals surface area (Å²) >= 11 is 3.09. The minimum atomic E-state index is -4.60. The lowest BCUT2D eigenvalue weighted by Gasteiger charge is -2.23. The highest BCUT2D eigenvalue weighted by Gasteiger charge is 2.37. The van der Waals surface area contributed by atoms with E-state index in [2.05, 4.69) is 15.9 Å². The Hall–Kier alpha value is -0.800. The molecule has 0 atom stereocenters. The van der Waals surface area contributed by atoms with Gasteiger partial charge in [-0.25, -0.2) is 8.42 Å². The number of hydrogen-bond donors (Lipinski definition) is 1. The Morgan fingerprint density at radius 1 is 1.35 bits per heavy atom. The molecule has 0 amide bonds. The first-order valence-corrected chi connectivity index (χ1v) is 7.85. The van der Waals surface area contributed by atoms with Gasteiger partial charge in [-0.1, -0.05) is 22.9 Å². The Balaban J connectivity index is 3.35. The molecule has 9 heteroatoms. The van der Waals surface area contributed by atoms with Gasteiger partial charge in [0.2, 0.25) is 10.0 Å². The number of rotatable bonds is 4. The van der Waals surface area contributed by atoms with Crippen LogP contribution >= 0.6 is 15.9 Å². The fraction of sp³-hybridized carbons (Fsp3) is 0.455. The standard InChI is InChI=1S/C11H14BrF3N2O2S/c1-3-17(6-11(13,14)15)20(18,19)10-5-8(12)4-9(16)7(10)2/h4-5H,3,6,16H2,1-2H3. The molecular weight excluding hydrogens is 361 g/mol. The van der Waals surface area contributed by atoms with E-state index in [0.717, 1.165) is 0 Å². The van der Waals surface area contributed by atoms with Crippen LogP contribution in [0.15, 0.2) is 21.5 Å². The predicted molar refractivity (Wildman–Crippen MR) is 73.8 cm³/mol. The Bertz CT molecular complexity index is 602. The molecule has 2 N–H and O–H groups in total. The fourth-order valence-electron chi connectivity index (χ4n) is 1.65. The van der Waals surface area contributed by atoms with Crippen LogP contribution in [0.1, 0.15) is 12.5 Å². The van der Waals surface area contributed by atoms with Crippen LogP contribution < -0.4 is 5.73 Å². The molecule has 0 aliphatic heterocycles. The van der Waals surface area contributed by atoms with Gasteiger partial charge in [-0.3, -0.25) is 0 Å². The first kappa shape index (κ1) is 17.3. The van der Waals surface area contributed by atoms with E-state index in [1.54, 1.807) is 0 Å². The summed E-state index contributed by atoms with van der Waals surface area (Å²) in [6.07, 6.45) is -4.60. The summed E-state index contributed by atoms with van der Waals surface area (Å²) < 4.78 is 62.8. The largest absolute Gasteiger partial charge is 0.402 e. The topological polar surface area (TPSA) is 63.4 Å². The highest BCUT2D eigenvalue weighted by molar-refractivity contribution is 9.10. The minimum Gasteiger partial charge on any atom is -0.398 e. The molecule has 114 valence electrons. The number of alkyl halides is 3. The van der Waals surface area contributed by atoms with Gasteiger partial charge in [0.15, 0.2) is 0 Å². The van der Waals surface area contributed by atoms with Gasteiger partial charge in [0.1, 0.15) is 6.54 Å². The molecule has 0 aliphatic carbocycles. The molecule has 0 aliphatic rings. The van der Waals surface area contributed by atoms with Gasteiger partial charge >= 0.3 is 6.18 Å². The zero-order valence-corrected chi connectivity index (χ0v) is 13.2. The second-order valence-electron chi connectivity index (χ2n) is 4.16. The molecule has 0 heterocycles. The van der Waals surface area contributed by atoms with E-state index >= 15 is 0 Å². The zero-order chi connectivity index (χ0) is 15.7. The smallest absolute Gasteiger partial charge is 0.398 e. The molecule has 0 bridgehead atoms. The van der Waals surface area contributed by atoms with E-state index in [1.165, 1.54) is 26.0 Å². The van der Waals surface area contributed by atoms with Crippen LogP contribution in [0.3, 0.4) is 0 Å². The molecule has 0 saturated heterocycles. The van der Waals surface area contributed by atoms with E-state index in [1.807, 2.05) is 0 Å². The van der Waals surface area contributed by atoms with E-state index in [-0.39, 0.29) is 22.7 Å². The van der Waals surface area contributed by atoms with Crippen LogP contribution in [-0.4, -0.2) is 32.0 Å². The summed E-state index contributed by atoms with van der Waals surface area (Å²) in [5.41, 5.74) is 6.08. The van der Waals surface area contributed by atoms with Crippen LogP contribution in [0.2, 0.25) is 0 Å². The lowest BCUT2D eigenvalue weighted by molar-refractivity contribution is -0.135. The van der Waals surface area contributed by atoms with E-state index < -0.39 is 22.7 Å². The van der Waals surface area contributed by atoms with Crippen molar-refractivity contribution >= 4 is 31.6 Å². The molecule has 0 fully saturated rings. The van der Waals surface area contributed by atoms with Crippen LogP contribution in [0.4, 0.5) is 18.9 Å².